The molecule has 3 rings (SSSR count). The maximum Gasteiger partial charge on any atom is 0.317 e. The van der Waals surface area contributed by atoms with E-state index in [1.807, 2.05) is 42.5 Å². The van der Waals surface area contributed by atoms with Crippen LogP contribution in [0, 0.1) is 6.92 Å². The molecule has 0 aliphatic carbocycles. The van der Waals surface area contributed by atoms with Crippen LogP contribution in [0.1, 0.15) is 16.1 Å². The number of urea groups is 1. The molecule has 0 radical (unpaired) electrons. The molecule has 23 heavy (non-hydrogen) atoms. The lowest BCUT2D eigenvalue weighted by Gasteiger charge is -2.18. The number of nitrogens with zero attached hydrogens (tertiary/aromatic N) is 2. The summed E-state index contributed by atoms with van der Waals surface area (Å²) >= 11 is 1.61. The average Bonchev–Trinajstić information content (AvgIpc) is 2.97. The molecule has 0 spiro atoms. The predicted octanol–water partition coefficient (Wildman–Crippen LogP) is 3.95. The highest BCUT2D eigenvalue weighted by Crippen LogP contribution is 2.21. The summed E-state index contributed by atoms with van der Waals surface area (Å²) in [5.41, 5.74) is 3.33. The van der Waals surface area contributed by atoms with Crippen LogP contribution in [0.25, 0.3) is 10.2 Å². The Bertz CT molecular complexity index is 795. The molecule has 0 saturated heterocycles. The Balaban J connectivity index is 1.59. The van der Waals surface area contributed by atoms with Crippen molar-refractivity contribution >= 4 is 27.6 Å². The van der Waals surface area contributed by atoms with Crippen molar-refractivity contribution in [2.45, 2.75) is 20.0 Å². The van der Waals surface area contributed by atoms with Crippen LogP contribution in [-0.2, 0) is 13.1 Å². The van der Waals surface area contributed by atoms with E-state index >= 15 is 0 Å². The molecule has 0 fully saturated rings. The fourth-order valence-electron chi connectivity index (χ4n) is 2.40. The van der Waals surface area contributed by atoms with Crippen molar-refractivity contribution < 1.29 is 4.79 Å². The van der Waals surface area contributed by atoms with Crippen molar-refractivity contribution in [2.24, 2.45) is 0 Å². The minimum Gasteiger partial charge on any atom is -0.331 e. The third-order valence-electron chi connectivity index (χ3n) is 3.74. The molecule has 0 aliphatic heterocycles. The smallest absolute Gasteiger partial charge is 0.317 e. The van der Waals surface area contributed by atoms with Crippen molar-refractivity contribution in [2.75, 3.05) is 7.05 Å². The van der Waals surface area contributed by atoms with Gasteiger partial charge in [0.25, 0.3) is 0 Å². The van der Waals surface area contributed by atoms with Gasteiger partial charge in [-0.1, -0.05) is 36.4 Å². The number of fused-ring (bicyclic) bond motifs is 1. The minimum absolute atomic E-state index is 0.0903. The SMILES string of the molecule is Cc1ccccc1CN(C)C(=O)NCc1nc2ccccc2s1. The van der Waals surface area contributed by atoms with Gasteiger partial charge >= 0.3 is 6.03 Å². The second-order valence-electron chi connectivity index (χ2n) is 5.52. The number of hydrogen-bond donors (Lipinski definition) is 1. The number of nitrogens with one attached hydrogen (secondary N) is 1. The quantitative estimate of drug-likeness (QED) is 0.789. The van der Waals surface area contributed by atoms with Gasteiger partial charge in [-0.25, -0.2) is 9.78 Å². The summed E-state index contributed by atoms with van der Waals surface area (Å²) in [6.07, 6.45) is 0. The molecule has 5 heteroatoms. The summed E-state index contributed by atoms with van der Waals surface area (Å²) < 4.78 is 1.14. The Morgan fingerprint density at radius 1 is 1.17 bits per heavy atom. The Morgan fingerprint density at radius 3 is 2.70 bits per heavy atom. The Kier molecular flexibility index (Phi) is 4.57. The molecular weight excluding hydrogens is 306 g/mol. The van der Waals surface area contributed by atoms with Gasteiger partial charge in [0.1, 0.15) is 5.01 Å². The van der Waals surface area contributed by atoms with E-state index in [-0.39, 0.29) is 6.03 Å². The Hall–Kier alpha value is -2.40. The largest absolute Gasteiger partial charge is 0.331 e. The summed E-state index contributed by atoms with van der Waals surface area (Å²) in [4.78, 5) is 18.5. The van der Waals surface area contributed by atoms with Gasteiger partial charge in [0.15, 0.2) is 0 Å². The molecule has 0 unspecified atom stereocenters. The summed E-state index contributed by atoms with van der Waals surface area (Å²) in [7, 11) is 1.81. The molecule has 118 valence electrons. The van der Waals surface area contributed by atoms with Gasteiger partial charge in [-0.05, 0) is 30.2 Å². The highest BCUT2D eigenvalue weighted by molar-refractivity contribution is 7.18. The lowest BCUT2D eigenvalue weighted by Crippen LogP contribution is -2.36. The zero-order valence-electron chi connectivity index (χ0n) is 13.2. The second-order valence-corrected chi connectivity index (χ2v) is 6.63. The van der Waals surface area contributed by atoms with Crippen molar-refractivity contribution in [1.82, 2.24) is 15.2 Å². The van der Waals surface area contributed by atoms with Crippen molar-refractivity contribution in [3.8, 4) is 0 Å². The van der Waals surface area contributed by atoms with E-state index in [2.05, 4.69) is 23.3 Å². The molecule has 0 aliphatic rings. The molecular formula is C18H19N3OS. The number of carbonyl (C=O) groups is 1. The first-order chi connectivity index (χ1) is 11.1. The van der Waals surface area contributed by atoms with Gasteiger partial charge in [-0.2, -0.15) is 0 Å². The van der Waals surface area contributed by atoms with Crippen LogP contribution >= 0.6 is 11.3 Å². The predicted molar refractivity (Wildman–Crippen MR) is 94.5 cm³/mol. The second kappa shape index (κ2) is 6.79. The molecule has 1 heterocycles. The number of aryl methyl sites for hydroxylation is 1. The molecule has 1 N–H and O–H groups in total. The third kappa shape index (κ3) is 3.68. The van der Waals surface area contributed by atoms with Crippen LogP contribution in [0.2, 0.25) is 0 Å². The highest BCUT2D eigenvalue weighted by atomic mass is 32.1. The van der Waals surface area contributed by atoms with E-state index in [1.54, 1.807) is 23.3 Å². The molecule has 0 bridgehead atoms. The minimum atomic E-state index is -0.0903. The number of benzene rings is 2. The van der Waals surface area contributed by atoms with Crippen molar-refractivity contribution in [3.63, 3.8) is 0 Å². The molecule has 2 aromatic carbocycles. The molecule has 1 aromatic heterocycles. The van der Waals surface area contributed by atoms with Gasteiger partial charge in [-0.15, -0.1) is 11.3 Å². The van der Waals surface area contributed by atoms with E-state index in [0.29, 0.717) is 13.1 Å². The molecule has 4 nitrogen and oxygen atoms in total. The number of para-hydroxylation sites is 1. The van der Waals surface area contributed by atoms with Gasteiger partial charge in [0.2, 0.25) is 0 Å². The molecule has 0 atom stereocenters. The standard InChI is InChI=1S/C18H19N3OS/c1-13-7-3-4-8-14(13)12-21(2)18(22)19-11-17-20-15-9-5-6-10-16(15)23-17/h3-10H,11-12H2,1-2H3,(H,19,22). The first kappa shape index (κ1) is 15.5. The van der Waals surface area contributed by atoms with Gasteiger partial charge in [-0.3, -0.25) is 0 Å². The highest BCUT2D eigenvalue weighted by Gasteiger charge is 2.11. The van der Waals surface area contributed by atoms with Crippen LogP contribution < -0.4 is 5.32 Å². The number of carbonyl (C=O) groups excluding carboxylic acids is 1. The lowest BCUT2D eigenvalue weighted by molar-refractivity contribution is 0.206. The van der Waals surface area contributed by atoms with Crippen LogP contribution in [0.3, 0.4) is 0 Å². The topological polar surface area (TPSA) is 45.2 Å². The van der Waals surface area contributed by atoms with E-state index in [9.17, 15) is 4.79 Å². The van der Waals surface area contributed by atoms with Gasteiger partial charge in [0.05, 0.1) is 16.8 Å². The zero-order valence-corrected chi connectivity index (χ0v) is 14.1. The van der Waals surface area contributed by atoms with Crippen molar-refractivity contribution in [3.05, 3.63) is 64.7 Å². The fraction of sp³-hybridized carbons (Fsp3) is 0.222. The first-order valence-electron chi connectivity index (χ1n) is 7.51. The normalized spacial score (nSPS) is 10.7. The number of aromatic nitrogens is 1. The Labute approximate surface area is 139 Å². The molecule has 3 aromatic rings. The van der Waals surface area contributed by atoms with E-state index in [0.717, 1.165) is 20.8 Å². The van der Waals surface area contributed by atoms with Gasteiger partial charge in [0, 0.05) is 13.6 Å². The maximum atomic E-state index is 12.2. The van der Waals surface area contributed by atoms with E-state index < -0.39 is 0 Å². The first-order valence-corrected chi connectivity index (χ1v) is 8.33. The van der Waals surface area contributed by atoms with Crippen LogP contribution in [0.5, 0.6) is 0 Å². The number of hydrogen-bond acceptors (Lipinski definition) is 3. The van der Waals surface area contributed by atoms with Crippen LogP contribution in [0.15, 0.2) is 48.5 Å². The third-order valence-corrected chi connectivity index (χ3v) is 4.78. The monoisotopic (exact) mass is 325 g/mol. The zero-order chi connectivity index (χ0) is 16.2. The van der Waals surface area contributed by atoms with E-state index in [1.165, 1.54) is 5.56 Å². The number of rotatable bonds is 4. The number of amides is 2. The summed E-state index contributed by atoms with van der Waals surface area (Å²) in [5.74, 6) is 0. The summed E-state index contributed by atoms with van der Waals surface area (Å²) in [5, 5.41) is 3.85. The maximum absolute atomic E-state index is 12.2. The van der Waals surface area contributed by atoms with Crippen molar-refractivity contribution in [1.29, 1.82) is 0 Å². The van der Waals surface area contributed by atoms with Gasteiger partial charge < -0.3 is 10.2 Å². The lowest BCUT2D eigenvalue weighted by atomic mass is 10.1. The van der Waals surface area contributed by atoms with Crippen LogP contribution in [-0.4, -0.2) is 23.0 Å². The average molecular weight is 325 g/mol. The summed E-state index contributed by atoms with van der Waals surface area (Å²) in [6.45, 7) is 3.11. The molecule has 2 amide bonds. The Morgan fingerprint density at radius 2 is 1.91 bits per heavy atom. The number of thiazole rings is 1. The fourth-order valence-corrected chi connectivity index (χ4v) is 3.30. The molecule has 0 saturated carbocycles. The summed E-state index contributed by atoms with van der Waals surface area (Å²) in [6, 6.07) is 16.0. The van der Waals surface area contributed by atoms with Crippen LogP contribution in [0.4, 0.5) is 4.79 Å². The van der Waals surface area contributed by atoms with E-state index in [4.69, 9.17) is 0 Å².